The summed E-state index contributed by atoms with van der Waals surface area (Å²) in [7, 11) is 0. The van der Waals surface area contributed by atoms with Crippen LogP contribution in [0, 0.1) is 0 Å². The van der Waals surface area contributed by atoms with Gasteiger partial charge in [-0.3, -0.25) is 9.89 Å². The van der Waals surface area contributed by atoms with Crippen LogP contribution >= 0.6 is 0 Å². The quantitative estimate of drug-likeness (QED) is 0.827. The minimum Gasteiger partial charge on any atom is -0.469 e. The number of H-pyrrole nitrogens is 1. The first-order chi connectivity index (χ1) is 8.25. The van der Waals surface area contributed by atoms with Crippen molar-refractivity contribution in [2.24, 2.45) is 0 Å². The van der Waals surface area contributed by atoms with Gasteiger partial charge in [-0.05, 0) is 19.1 Å². The molecule has 2 aromatic rings. The Kier molecular flexibility index (Phi) is 3.59. The summed E-state index contributed by atoms with van der Waals surface area (Å²) in [5.74, 6) is 0.839. The zero-order valence-corrected chi connectivity index (χ0v) is 9.64. The summed E-state index contributed by atoms with van der Waals surface area (Å²) in [5, 5.41) is 9.47. The van der Waals surface area contributed by atoms with Crippen molar-refractivity contribution in [1.82, 2.24) is 15.5 Å². The molecule has 0 bridgehead atoms. The van der Waals surface area contributed by atoms with E-state index in [1.807, 2.05) is 19.1 Å². The Morgan fingerprint density at radius 3 is 3.18 bits per heavy atom. The van der Waals surface area contributed by atoms with Gasteiger partial charge in [0.2, 0.25) is 5.91 Å². The van der Waals surface area contributed by atoms with Crippen LogP contribution in [0.5, 0.6) is 0 Å². The topological polar surface area (TPSA) is 70.9 Å². The van der Waals surface area contributed by atoms with Crippen molar-refractivity contribution in [2.75, 3.05) is 0 Å². The van der Waals surface area contributed by atoms with E-state index in [1.54, 1.807) is 18.7 Å². The molecule has 0 fully saturated rings. The van der Waals surface area contributed by atoms with Crippen molar-refractivity contribution in [3.8, 4) is 0 Å². The highest BCUT2D eigenvalue weighted by Gasteiger charge is 2.10. The Labute approximate surface area is 99.2 Å². The molecule has 0 aliphatic carbocycles. The maximum absolute atomic E-state index is 11.7. The van der Waals surface area contributed by atoms with Crippen LogP contribution in [0.15, 0.2) is 35.2 Å². The van der Waals surface area contributed by atoms with Crippen molar-refractivity contribution in [3.05, 3.63) is 42.1 Å². The number of aromatic amines is 1. The number of nitrogens with one attached hydrogen (secondary N) is 2. The molecule has 17 heavy (non-hydrogen) atoms. The number of furan rings is 1. The summed E-state index contributed by atoms with van der Waals surface area (Å²) < 4.78 is 5.17. The lowest BCUT2D eigenvalue weighted by atomic mass is 10.1. The van der Waals surface area contributed by atoms with E-state index in [9.17, 15) is 4.79 Å². The number of hydrogen-bond donors (Lipinski definition) is 2. The minimum absolute atomic E-state index is 0.00935. The van der Waals surface area contributed by atoms with Gasteiger partial charge >= 0.3 is 0 Å². The number of amides is 1. The molecule has 1 unspecified atom stereocenters. The Morgan fingerprint density at radius 2 is 2.53 bits per heavy atom. The van der Waals surface area contributed by atoms with Gasteiger partial charge in [0.25, 0.3) is 0 Å². The van der Waals surface area contributed by atoms with Gasteiger partial charge in [-0.15, -0.1) is 0 Å². The standard InChI is InChI=1S/C12H15N3O2/c1-9(10-7-13-14-8-10)15-12(16)5-4-11-3-2-6-17-11/h2-3,6-9H,4-5H2,1H3,(H,13,14)(H,15,16). The van der Waals surface area contributed by atoms with E-state index < -0.39 is 0 Å². The summed E-state index contributed by atoms with van der Waals surface area (Å²) in [6.07, 6.45) is 6.14. The molecule has 5 nitrogen and oxygen atoms in total. The van der Waals surface area contributed by atoms with Crippen molar-refractivity contribution < 1.29 is 9.21 Å². The van der Waals surface area contributed by atoms with Crippen LogP contribution in [0.25, 0.3) is 0 Å². The van der Waals surface area contributed by atoms with Gasteiger partial charge in [0.05, 0.1) is 18.5 Å². The Bertz CT molecular complexity index is 448. The molecule has 2 N–H and O–H groups in total. The molecule has 0 aliphatic heterocycles. The predicted molar refractivity (Wildman–Crippen MR) is 62.2 cm³/mol. The van der Waals surface area contributed by atoms with Gasteiger partial charge in [-0.2, -0.15) is 5.10 Å². The zero-order valence-electron chi connectivity index (χ0n) is 9.64. The van der Waals surface area contributed by atoms with E-state index in [1.165, 1.54) is 0 Å². The fraction of sp³-hybridized carbons (Fsp3) is 0.333. The van der Waals surface area contributed by atoms with Crippen LogP contribution in [-0.2, 0) is 11.2 Å². The maximum atomic E-state index is 11.7. The number of aryl methyl sites for hydroxylation is 1. The van der Waals surface area contributed by atoms with Crippen molar-refractivity contribution in [1.29, 1.82) is 0 Å². The van der Waals surface area contributed by atoms with Crippen molar-refractivity contribution in [2.45, 2.75) is 25.8 Å². The van der Waals surface area contributed by atoms with Crippen LogP contribution in [0.4, 0.5) is 0 Å². The van der Waals surface area contributed by atoms with Crippen molar-refractivity contribution >= 4 is 5.91 Å². The van der Waals surface area contributed by atoms with E-state index in [4.69, 9.17) is 4.42 Å². The SMILES string of the molecule is CC(NC(=O)CCc1ccco1)c1cn[nH]c1. The van der Waals surface area contributed by atoms with Gasteiger partial charge in [0.1, 0.15) is 5.76 Å². The molecule has 2 rings (SSSR count). The number of hydrogen-bond acceptors (Lipinski definition) is 3. The summed E-state index contributed by atoms with van der Waals surface area (Å²) in [4.78, 5) is 11.7. The van der Waals surface area contributed by atoms with E-state index in [0.29, 0.717) is 12.8 Å². The summed E-state index contributed by atoms with van der Waals surface area (Å²) in [5.41, 5.74) is 0.969. The minimum atomic E-state index is -0.0298. The van der Waals surface area contributed by atoms with Crippen LogP contribution in [0.2, 0.25) is 0 Å². The van der Waals surface area contributed by atoms with E-state index in [-0.39, 0.29) is 11.9 Å². The highest BCUT2D eigenvalue weighted by Crippen LogP contribution is 2.10. The summed E-state index contributed by atoms with van der Waals surface area (Å²) >= 11 is 0. The molecule has 0 spiro atoms. The Morgan fingerprint density at radius 1 is 1.65 bits per heavy atom. The second-order valence-electron chi connectivity index (χ2n) is 3.90. The molecule has 0 aromatic carbocycles. The Hall–Kier alpha value is -2.04. The fourth-order valence-corrected chi connectivity index (χ4v) is 1.59. The number of carbonyl (C=O) groups excluding carboxylic acids is 1. The number of nitrogens with zero attached hydrogens (tertiary/aromatic N) is 1. The smallest absolute Gasteiger partial charge is 0.220 e. The highest BCUT2D eigenvalue weighted by atomic mass is 16.3. The molecule has 0 radical (unpaired) electrons. The molecule has 90 valence electrons. The van der Waals surface area contributed by atoms with Gasteiger partial charge in [0.15, 0.2) is 0 Å². The second-order valence-corrected chi connectivity index (χ2v) is 3.90. The van der Waals surface area contributed by atoms with E-state index in [0.717, 1.165) is 11.3 Å². The Balaban J connectivity index is 1.77. The molecule has 5 heteroatoms. The number of rotatable bonds is 5. The zero-order chi connectivity index (χ0) is 12.1. The van der Waals surface area contributed by atoms with E-state index >= 15 is 0 Å². The molecule has 1 atom stereocenters. The van der Waals surface area contributed by atoms with Gasteiger partial charge < -0.3 is 9.73 Å². The first kappa shape index (κ1) is 11.4. The second kappa shape index (κ2) is 5.34. The fourth-order valence-electron chi connectivity index (χ4n) is 1.59. The molecule has 0 aliphatic rings. The monoisotopic (exact) mass is 233 g/mol. The van der Waals surface area contributed by atoms with Gasteiger partial charge in [-0.1, -0.05) is 0 Å². The van der Waals surface area contributed by atoms with Gasteiger partial charge in [0, 0.05) is 24.6 Å². The number of carbonyl (C=O) groups is 1. The summed E-state index contributed by atoms with van der Waals surface area (Å²) in [6, 6.07) is 3.66. The molecule has 2 aromatic heterocycles. The molecular weight excluding hydrogens is 218 g/mol. The number of aromatic nitrogens is 2. The third-order valence-electron chi connectivity index (χ3n) is 2.58. The third kappa shape index (κ3) is 3.21. The average molecular weight is 233 g/mol. The normalized spacial score (nSPS) is 12.3. The lowest BCUT2D eigenvalue weighted by Crippen LogP contribution is -2.26. The third-order valence-corrected chi connectivity index (χ3v) is 2.58. The van der Waals surface area contributed by atoms with Crippen LogP contribution in [-0.4, -0.2) is 16.1 Å². The van der Waals surface area contributed by atoms with Crippen molar-refractivity contribution in [3.63, 3.8) is 0 Å². The van der Waals surface area contributed by atoms with E-state index in [2.05, 4.69) is 15.5 Å². The van der Waals surface area contributed by atoms with Crippen LogP contribution < -0.4 is 5.32 Å². The highest BCUT2D eigenvalue weighted by molar-refractivity contribution is 5.76. The lowest BCUT2D eigenvalue weighted by Gasteiger charge is -2.11. The summed E-state index contributed by atoms with van der Waals surface area (Å²) in [6.45, 7) is 1.93. The van der Waals surface area contributed by atoms with Crippen LogP contribution in [0.3, 0.4) is 0 Å². The molecule has 1 amide bonds. The first-order valence-corrected chi connectivity index (χ1v) is 5.56. The largest absolute Gasteiger partial charge is 0.469 e. The maximum Gasteiger partial charge on any atom is 0.220 e. The molecule has 2 heterocycles. The lowest BCUT2D eigenvalue weighted by molar-refractivity contribution is -0.121. The van der Waals surface area contributed by atoms with Gasteiger partial charge in [-0.25, -0.2) is 0 Å². The molecule has 0 saturated carbocycles. The average Bonchev–Trinajstić information content (AvgIpc) is 2.99. The first-order valence-electron chi connectivity index (χ1n) is 5.56. The van der Waals surface area contributed by atoms with Crippen LogP contribution in [0.1, 0.15) is 30.7 Å². The molecular formula is C12H15N3O2. The molecule has 0 saturated heterocycles. The predicted octanol–water partition coefficient (Wildman–Crippen LogP) is 1.81.